The number of carbonyl (C=O) groups excluding carboxylic acids is 2. The molecular weight excluding hydrogens is 420 g/mol. The molecule has 0 saturated carbocycles. The number of Topliss-reactive ketones (excluding diaryl/α,β-unsaturated/α-hetero) is 1. The van der Waals surface area contributed by atoms with E-state index in [2.05, 4.69) is 9.97 Å². The van der Waals surface area contributed by atoms with E-state index in [1.54, 1.807) is 60.2 Å². The number of fused-ring (bicyclic) bond motifs is 1. The molecule has 0 spiro atoms. The van der Waals surface area contributed by atoms with Crippen molar-refractivity contribution in [2.75, 3.05) is 0 Å². The summed E-state index contributed by atoms with van der Waals surface area (Å²) in [5.41, 5.74) is 2.80. The largest absolute Gasteiger partial charge is 0.508 e. The Bertz CT molecular complexity index is 1410. The zero-order valence-corrected chi connectivity index (χ0v) is 17.7. The van der Waals surface area contributed by atoms with Crippen LogP contribution in [0.4, 0.5) is 0 Å². The highest BCUT2D eigenvalue weighted by molar-refractivity contribution is 6.46. The predicted octanol–water partition coefficient (Wildman–Crippen LogP) is 3.37. The Labute approximate surface area is 189 Å². The van der Waals surface area contributed by atoms with Crippen molar-refractivity contribution in [1.29, 1.82) is 0 Å². The maximum atomic E-state index is 13.2. The smallest absolute Gasteiger partial charge is 0.295 e. The summed E-state index contributed by atoms with van der Waals surface area (Å²) in [5.74, 6) is -1.73. The molecule has 3 aromatic heterocycles. The summed E-state index contributed by atoms with van der Waals surface area (Å²) in [4.78, 5) is 36.3. The number of aliphatic hydroxyl groups excluding tert-OH is 1. The number of aromatic hydroxyl groups is 1. The second kappa shape index (κ2) is 7.90. The highest BCUT2D eigenvalue weighted by atomic mass is 16.3. The van der Waals surface area contributed by atoms with Crippen LogP contribution in [-0.4, -0.2) is 41.2 Å². The molecule has 5 rings (SSSR count). The number of rotatable bonds is 4. The van der Waals surface area contributed by atoms with Gasteiger partial charge < -0.3 is 15.1 Å². The number of ketones is 1. The molecule has 4 aromatic rings. The van der Waals surface area contributed by atoms with Crippen molar-refractivity contribution in [2.24, 2.45) is 0 Å². The molecule has 0 aliphatic carbocycles. The summed E-state index contributed by atoms with van der Waals surface area (Å²) in [6, 6.07) is 14.4. The van der Waals surface area contributed by atoms with Crippen LogP contribution in [0, 0.1) is 6.92 Å². The van der Waals surface area contributed by atoms with Gasteiger partial charge in [-0.25, -0.2) is 4.98 Å². The number of phenolic OH excluding ortho intramolecular Hbond substituents is 1. The molecule has 8 heteroatoms. The minimum absolute atomic E-state index is 0.0247. The first-order chi connectivity index (χ1) is 16.0. The lowest BCUT2D eigenvalue weighted by Crippen LogP contribution is -2.29. The number of benzene rings is 1. The van der Waals surface area contributed by atoms with Gasteiger partial charge in [0.15, 0.2) is 5.76 Å². The molecule has 2 N–H and O–H groups in total. The van der Waals surface area contributed by atoms with Crippen LogP contribution in [0.1, 0.15) is 28.6 Å². The summed E-state index contributed by atoms with van der Waals surface area (Å²) in [6.07, 6.45) is 5.00. The first kappa shape index (κ1) is 20.4. The van der Waals surface area contributed by atoms with Gasteiger partial charge in [-0.1, -0.05) is 24.3 Å². The van der Waals surface area contributed by atoms with E-state index in [9.17, 15) is 19.8 Å². The van der Waals surface area contributed by atoms with Crippen LogP contribution >= 0.6 is 0 Å². The number of carbonyl (C=O) groups is 2. The lowest BCUT2D eigenvalue weighted by Gasteiger charge is -2.25. The second-order valence-electron chi connectivity index (χ2n) is 7.85. The predicted molar refractivity (Wildman–Crippen MR) is 120 cm³/mol. The third kappa shape index (κ3) is 3.41. The molecule has 164 valence electrons. The number of aliphatic hydroxyl groups is 1. The van der Waals surface area contributed by atoms with Crippen LogP contribution in [0.25, 0.3) is 11.4 Å². The van der Waals surface area contributed by atoms with E-state index < -0.39 is 17.7 Å². The van der Waals surface area contributed by atoms with Crippen LogP contribution in [0.2, 0.25) is 0 Å². The monoisotopic (exact) mass is 440 g/mol. The first-order valence-electron chi connectivity index (χ1n) is 10.4. The van der Waals surface area contributed by atoms with Gasteiger partial charge in [0, 0.05) is 25.1 Å². The lowest BCUT2D eigenvalue weighted by atomic mass is 9.96. The number of likely N-dealkylation sites (tertiary alicyclic amines) is 1. The van der Waals surface area contributed by atoms with E-state index >= 15 is 0 Å². The Hall–Kier alpha value is -4.46. The minimum atomic E-state index is -0.848. The van der Waals surface area contributed by atoms with Crippen LogP contribution in [-0.2, 0) is 16.1 Å². The average Bonchev–Trinajstić information content (AvgIpc) is 3.28. The number of imidazole rings is 1. The van der Waals surface area contributed by atoms with E-state index in [1.165, 1.54) is 17.0 Å². The molecule has 1 unspecified atom stereocenters. The second-order valence-corrected chi connectivity index (χ2v) is 7.85. The van der Waals surface area contributed by atoms with Gasteiger partial charge >= 0.3 is 0 Å². The zero-order valence-electron chi connectivity index (χ0n) is 17.7. The quantitative estimate of drug-likeness (QED) is 0.286. The summed E-state index contributed by atoms with van der Waals surface area (Å²) >= 11 is 0. The van der Waals surface area contributed by atoms with E-state index in [1.807, 2.05) is 12.1 Å². The summed E-state index contributed by atoms with van der Waals surface area (Å²) in [7, 11) is 0. The third-order valence-corrected chi connectivity index (χ3v) is 5.75. The molecule has 1 aromatic carbocycles. The number of amides is 1. The standard InChI is InChI=1S/C25H20N4O4/c1-15-21(28-12-3-2-6-19(28)27-15)23(31)20-22(17-7-9-18(30)10-8-17)29(25(33)24(20)32)14-16-5-4-11-26-13-16/h2-13,22,30-31H,14H2,1H3/b23-20+. The molecule has 1 atom stereocenters. The van der Waals surface area contributed by atoms with Crippen molar-refractivity contribution >= 4 is 23.1 Å². The number of hydrogen-bond donors (Lipinski definition) is 2. The third-order valence-electron chi connectivity index (χ3n) is 5.75. The molecule has 1 aliphatic rings. The molecule has 0 bridgehead atoms. The SMILES string of the molecule is Cc1nc2ccccn2c1/C(O)=C1\C(=O)C(=O)N(Cc2cccnc2)C1c1ccc(O)cc1. The van der Waals surface area contributed by atoms with E-state index in [0.29, 0.717) is 22.6 Å². The first-order valence-corrected chi connectivity index (χ1v) is 10.4. The van der Waals surface area contributed by atoms with Crippen LogP contribution in [0.15, 0.2) is 78.8 Å². The Morgan fingerprint density at radius 2 is 1.85 bits per heavy atom. The Kier molecular flexibility index (Phi) is 4.90. The van der Waals surface area contributed by atoms with Gasteiger partial charge in [-0.05, 0) is 48.4 Å². The van der Waals surface area contributed by atoms with Gasteiger partial charge in [-0.3, -0.25) is 19.0 Å². The van der Waals surface area contributed by atoms with Gasteiger partial charge in [-0.15, -0.1) is 0 Å². The molecule has 1 fully saturated rings. The number of pyridine rings is 2. The van der Waals surface area contributed by atoms with Gasteiger partial charge in [0.05, 0.1) is 17.3 Å². The minimum Gasteiger partial charge on any atom is -0.508 e. The molecule has 1 saturated heterocycles. The van der Waals surface area contributed by atoms with E-state index in [0.717, 1.165) is 5.56 Å². The maximum absolute atomic E-state index is 13.2. The van der Waals surface area contributed by atoms with Crippen molar-refractivity contribution in [3.8, 4) is 5.75 Å². The number of hydrogen-bond acceptors (Lipinski definition) is 6. The summed E-state index contributed by atoms with van der Waals surface area (Å²) in [5, 5.41) is 21.2. The van der Waals surface area contributed by atoms with Crippen LogP contribution < -0.4 is 0 Å². The van der Waals surface area contributed by atoms with Crippen molar-refractivity contribution in [1.82, 2.24) is 19.3 Å². The van der Waals surface area contributed by atoms with E-state index in [-0.39, 0.29) is 23.6 Å². The van der Waals surface area contributed by atoms with Crippen LogP contribution in [0.3, 0.4) is 0 Å². The topological polar surface area (TPSA) is 108 Å². The molecular formula is C25H20N4O4. The van der Waals surface area contributed by atoms with Crippen molar-refractivity contribution in [3.05, 3.63) is 101 Å². The molecule has 8 nitrogen and oxygen atoms in total. The maximum Gasteiger partial charge on any atom is 0.295 e. The molecule has 33 heavy (non-hydrogen) atoms. The highest BCUT2D eigenvalue weighted by Gasteiger charge is 2.46. The fourth-order valence-corrected chi connectivity index (χ4v) is 4.26. The number of aryl methyl sites for hydroxylation is 1. The van der Waals surface area contributed by atoms with Crippen LogP contribution in [0.5, 0.6) is 5.75 Å². The van der Waals surface area contributed by atoms with Gasteiger partial charge in [0.25, 0.3) is 11.7 Å². The molecule has 1 aliphatic heterocycles. The van der Waals surface area contributed by atoms with Crippen molar-refractivity contribution in [2.45, 2.75) is 19.5 Å². The highest BCUT2D eigenvalue weighted by Crippen LogP contribution is 2.41. The number of aromatic nitrogens is 3. The van der Waals surface area contributed by atoms with Gasteiger partial charge in [-0.2, -0.15) is 0 Å². The molecule has 4 heterocycles. The Balaban J connectivity index is 1.72. The van der Waals surface area contributed by atoms with Gasteiger partial charge in [0.2, 0.25) is 0 Å². The average molecular weight is 440 g/mol. The fraction of sp³-hybridized carbons (Fsp3) is 0.120. The van der Waals surface area contributed by atoms with Crippen molar-refractivity contribution in [3.63, 3.8) is 0 Å². The van der Waals surface area contributed by atoms with Crippen molar-refractivity contribution < 1.29 is 19.8 Å². The van der Waals surface area contributed by atoms with Gasteiger partial charge in [0.1, 0.15) is 17.1 Å². The lowest BCUT2D eigenvalue weighted by molar-refractivity contribution is -0.140. The fourth-order valence-electron chi connectivity index (χ4n) is 4.26. The Morgan fingerprint density at radius 3 is 2.58 bits per heavy atom. The summed E-state index contributed by atoms with van der Waals surface area (Å²) < 4.78 is 1.69. The Morgan fingerprint density at radius 1 is 1.06 bits per heavy atom. The number of phenols is 1. The molecule has 0 radical (unpaired) electrons. The summed E-state index contributed by atoms with van der Waals surface area (Å²) in [6.45, 7) is 1.87. The zero-order chi connectivity index (χ0) is 23.1. The number of nitrogens with zero attached hydrogens (tertiary/aromatic N) is 4. The normalized spacial score (nSPS) is 17.7. The van der Waals surface area contributed by atoms with E-state index in [4.69, 9.17) is 0 Å². The molecule has 1 amide bonds.